The van der Waals surface area contributed by atoms with Crippen LogP contribution in [0.2, 0.25) is 5.02 Å². The van der Waals surface area contributed by atoms with Gasteiger partial charge >= 0.3 is 0 Å². The van der Waals surface area contributed by atoms with Gasteiger partial charge in [0.2, 0.25) is 11.8 Å². The molecular formula is C24H31ClN2O3. The number of nitrogens with one attached hydrogen (secondary N) is 1. The number of aryl methyl sites for hydroxylation is 1. The molecule has 30 heavy (non-hydrogen) atoms. The van der Waals surface area contributed by atoms with E-state index in [1.807, 2.05) is 56.3 Å². The highest BCUT2D eigenvalue weighted by molar-refractivity contribution is 6.31. The van der Waals surface area contributed by atoms with E-state index in [-0.39, 0.29) is 18.4 Å². The molecule has 0 aliphatic rings. The molecule has 0 heterocycles. The van der Waals surface area contributed by atoms with Gasteiger partial charge in [0.15, 0.2) is 0 Å². The number of halogens is 1. The molecule has 2 rings (SSSR count). The minimum absolute atomic E-state index is 0.0958. The van der Waals surface area contributed by atoms with Crippen molar-refractivity contribution in [3.8, 4) is 5.75 Å². The Kier molecular flexibility index (Phi) is 9.68. The van der Waals surface area contributed by atoms with Crippen molar-refractivity contribution in [3.63, 3.8) is 0 Å². The number of nitrogens with zero attached hydrogens (tertiary/aromatic N) is 1. The second kappa shape index (κ2) is 12.2. The molecular weight excluding hydrogens is 400 g/mol. The van der Waals surface area contributed by atoms with E-state index in [4.69, 9.17) is 16.3 Å². The Hall–Kier alpha value is -2.53. The number of ether oxygens (including phenoxy) is 1. The maximum absolute atomic E-state index is 13.0. The average molecular weight is 431 g/mol. The van der Waals surface area contributed by atoms with E-state index in [0.29, 0.717) is 31.0 Å². The van der Waals surface area contributed by atoms with Gasteiger partial charge in [-0.25, -0.2) is 0 Å². The Morgan fingerprint density at radius 3 is 2.50 bits per heavy atom. The number of hydrogen-bond donors (Lipinski definition) is 1. The third-order valence-corrected chi connectivity index (χ3v) is 5.21. The summed E-state index contributed by atoms with van der Waals surface area (Å²) in [5.74, 6) is 0.531. The van der Waals surface area contributed by atoms with E-state index in [9.17, 15) is 9.59 Å². The lowest BCUT2D eigenvalue weighted by atomic mass is 10.1. The van der Waals surface area contributed by atoms with Crippen molar-refractivity contribution in [1.82, 2.24) is 10.2 Å². The lowest BCUT2D eigenvalue weighted by Gasteiger charge is -2.29. The Morgan fingerprint density at radius 1 is 1.13 bits per heavy atom. The minimum Gasteiger partial charge on any atom is -0.494 e. The van der Waals surface area contributed by atoms with E-state index < -0.39 is 6.04 Å². The van der Waals surface area contributed by atoms with Crippen LogP contribution in [-0.4, -0.2) is 35.9 Å². The fourth-order valence-electron chi connectivity index (χ4n) is 2.98. The van der Waals surface area contributed by atoms with E-state index in [1.165, 1.54) is 5.56 Å². The molecule has 0 radical (unpaired) electrons. The molecule has 1 unspecified atom stereocenters. The van der Waals surface area contributed by atoms with Crippen LogP contribution in [0.4, 0.5) is 0 Å². The van der Waals surface area contributed by atoms with E-state index >= 15 is 0 Å². The Labute approximate surface area is 184 Å². The molecule has 0 saturated heterocycles. The molecule has 1 N–H and O–H groups in total. The number of hydrogen-bond acceptors (Lipinski definition) is 3. The SMILES string of the molecule is CCCNC(=O)C(C)N(Cc1ccccc1Cl)C(=O)CCCOc1ccc(C)cc1. The summed E-state index contributed by atoms with van der Waals surface area (Å²) in [4.78, 5) is 27.1. The maximum Gasteiger partial charge on any atom is 0.242 e. The van der Waals surface area contributed by atoms with Gasteiger partial charge in [0.25, 0.3) is 0 Å². The van der Waals surface area contributed by atoms with Crippen molar-refractivity contribution >= 4 is 23.4 Å². The van der Waals surface area contributed by atoms with Crippen molar-refractivity contribution in [2.45, 2.75) is 52.6 Å². The predicted octanol–water partition coefficient (Wildman–Crippen LogP) is 4.75. The molecule has 6 heteroatoms. The first-order valence-electron chi connectivity index (χ1n) is 10.4. The largest absolute Gasteiger partial charge is 0.494 e. The van der Waals surface area contributed by atoms with Crippen molar-refractivity contribution in [1.29, 1.82) is 0 Å². The molecule has 162 valence electrons. The molecule has 0 saturated carbocycles. The van der Waals surface area contributed by atoms with Gasteiger partial charge in [0.05, 0.1) is 6.61 Å². The van der Waals surface area contributed by atoms with Gasteiger partial charge in [-0.1, -0.05) is 54.4 Å². The van der Waals surface area contributed by atoms with Crippen LogP contribution in [0, 0.1) is 6.92 Å². The summed E-state index contributed by atoms with van der Waals surface area (Å²) < 4.78 is 5.72. The standard InChI is InChI=1S/C24H31ClN2O3/c1-4-15-26-24(29)19(3)27(17-20-8-5-6-9-22(20)25)23(28)10-7-16-30-21-13-11-18(2)12-14-21/h5-6,8-9,11-14,19H,4,7,10,15-17H2,1-3H3,(H,26,29). The second-order valence-corrected chi connectivity index (χ2v) is 7.75. The van der Waals surface area contributed by atoms with Crippen LogP contribution >= 0.6 is 11.6 Å². The summed E-state index contributed by atoms with van der Waals surface area (Å²) in [6.45, 7) is 7.08. The number of amides is 2. The van der Waals surface area contributed by atoms with Crippen molar-refractivity contribution in [2.75, 3.05) is 13.2 Å². The summed E-state index contributed by atoms with van der Waals surface area (Å²) in [5.41, 5.74) is 1.99. The van der Waals surface area contributed by atoms with E-state index in [1.54, 1.807) is 17.9 Å². The normalized spacial score (nSPS) is 11.6. The molecule has 0 fully saturated rings. The Balaban J connectivity index is 1.98. The lowest BCUT2D eigenvalue weighted by Crippen LogP contribution is -2.47. The molecule has 0 aliphatic heterocycles. The molecule has 0 bridgehead atoms. The zero-order chi connectivity index (χ0) is 21.9. The summed E-state index contributed by atoms with van der Waals surface area (Å²) in [6, 6.07) is 14.6. The van der Waals surface area contributed by atoms with Crippen molar-refractivity contribution < 1.29 is 14.3 Å². The van der Waals surface area contributed by atoms with Gasteiger partial charge in [-0.3, -0.25) is 9.59 Å². The third-order valence-electron chi connectivity index (χ3n) is 4.84. The fraction of sp³-hybridized carbons (Fsp3) is 0.417. The summed E-state index contributed by atoms with van der Waals surface area (Å²) in [6.07, 6.45) is 1.70. The summed E-state index contributed by atoms with van der Waals surface area (Å²) in [7, 11) is 0. The minimum atomic E-state index is -0.585. The third kappa shape index (κ3) is 7.38. The molecule has 2 aromatic carbocycles. The maximum atomic E-state index is 13.0. The summed E-state index contributed by atoms with van der Waals surface area (Å²) >= 11 is 6.29. The topological polar surface area (TPSA) is 58.6 Å². The van der Waals surface area contributed by atoms with Crippen LogP contribution in [0.15, 0.2) is 48.5 Å². The molecule has 1 atom stereocenters. The molecule has 2 amide bonds. The van der Waals surface area contributed by atoms with Gasteiger partial charge in [-0.15, -0.1) is 0 Å². The van der Waals surface area contributed by atoms with E-state index in [0.717, 1.165) is 17.7 Å². The Morgan fingerprint density at radius 2 is 1.83 bits per heavy atom. The number of carbonyl (C=O) groups is 2. The monoisotopic (exact) mass is 430 g/mol. The zero-order valence-corrected chi connectivity index (χ0v) is 18.7. The van der Waals surface area contributed by atoms with Crippen molar-refractivity contribution in [3.05, 3.63) is 64.7 Å². The van der Waals surface area contributed by atoms with Gasteiger partial charge in [-0.05, 0) is 50.5 Å². The van der Waals surface area contributed by atoms with Crippen LogP contribution in [0.3, 0.4) is 0 Å². The molecule has 5 nitrogen and oxygen atoms in total. The summed E-state index contributed by atoms with van der Waals surface area (Å²) in [5, 5.41) is 3.45. The molecule has 0 aromatic heterocycles. The molecule has 0 spiro atoms. The average Bonchev–Trinajstić information content (AvgIpc) is 2.75. The first kappa shape index (κ1) is 23.7. The zero-order valence-electron chi connectivity index (χ0n) is 18.0. The second-order valence-electron chi connectivity index (χ2n) is 7.35. The fourth-order valence-corrected chi connectivity index (χ4v) is 3.18. The van der Waals surface area contributed by atoms with Gasteiger partial charge in [0.1, 0.15) is 11.8 Å². The quantitative estimate of drug-likeness (QED) is 0.523. The lowest BCUT2D eigenvalue weighted by molar-refractivity contribution is -0.140. The van der Waals surface area contributed by atoms with Gasteiger partial charge < -0.3 is 15.0 Å². The number of benzene rings is 2. The van der Waals surface area contributed by atoms with Crippen LogP contribution in [0.25, 0.3) is 0 Å². The van der Waals surface area contributed by atoms with Crippen LogP contribution in [0.1, 0.15) is 44.2 Å². The first-order chi connectivity index (χ1) is 14.4. The number of carbonyl (C=O) groups excluding carboxylic acids is 2. The van der Waals surface area contributed by atoms with Crippen molar-refractivity contribution in [2.24, 2.45) is 0 Å². The van der Waals surface area contributed by atoms with Crippen LogP contribution in [-0.2, 0) is 16.1 Å². The van der Waals surface area contributed by atoms with E-state index in [2.05, 4.69) is 5.32 Å². The predicted molar refractivity (Wildman–Crippen MR) is 121 cm³/mol. The van der Waals surface area contributed by atoms with Gasteiger partial charge in [-0.2, -0.15) is 0 Å². The van der Waals surface area contributed by atoms with Gasteiger partial charge in [0, 0.05) is 24.5 Å². The van der Waals surface area contributed by atoms with Crippen LogP contribution in [0.5, 0.6) is 5.75 Å². The first-order valence-corrected chi connectivity index (χ1v) is 10.8. The highest BCUT2D eigenvalue weighted by Crippen LogP contribution is 2.19. The smallest absolute Gasteiger partial charge is 0.242 e. The molecule has 2 aromatic rings. The Bertz CT molecular complexity index is 823. The molecule has 0 aliphatic carbocycles. The van der Waals surface area contributed by atoms with Crippen LogP contribution < -0.4 is 10.1 Å². The number of rotatable bonds is 11. The highest BCUT2D eigenvalue weighted by atomic mass is 35.5. The highest BCUT2D eigenvalue weighted by Gasteiger charge is 2.26.